The number of rotatable bonds is 7. The lowest BCUT2D eigenvalue weighted by Gasteiger charge is -2.28. The molecule has 2 aliphatic rings. The van der Waals surface area contributed by atoms with Crippen LogP contribution in [0.1, 0.15) is 62.6 Å². The Morgan fingerprint density at radius 1 is 1.05 bits per heavy atom. The van der Waals surface area contributed by atoms with E-state index in [4.69, 9.17) is 4.98 Å². The maximum absolute atomic E-state index is 12.2. The minimum Gasteiger partial charge on any atom is -0.354 e. The molecular weight excluding hydrogens is 460 g/mol. The van der Waals surface area contributed by atoms with E-state index in [9.17, 15) is 4.79 Å². The first kappa shape index (κ1) is 25.2. The lowest BCUT2D eigenvalue weighted by atomic mass is 9.78. The molecule has 1 unspecified atom stereocenters. The van der Waals surface area contributed by atoms with Crippen molar-refractivity contribution < 1.29 is 4.79 Å². The maximum atomic E-state index is 12.2. The Morgan fingerprint density at radius 3 is 2.57 bits per heavy atom. The zero-order valence-electron chi connectivity index (χ0n) is 22.2. The highest BCUT2D eigenvalue weighted by molar-refractivity contribution is 5.89. The molecule has 0 spiro atoms. The van der Waals surface area contributed by atoms with E-state index in [2.05, 4.69) is 62.2 Å². The molecule has 3 N–H and O–H groups in total. The summed E-state index contributed by atoms with van der Waals surface area (Å²) in [5.74, 6) is 0.918. The van der Waals surface area contributed by atoms with Gasteiger partial charge in [0.2, 0.25) is 5.95 Å². The summed E-state index contributed by atoms with van der Waals surface area (Å²) in [5, 5.41) is 9.30. The first-order chi connectivity index (χ1) is 17.9. The van der Waals surface area contributed by atoms with E-state index in [0.29, 0.717) is 5.95 Å². The number of benzene rings is 2. The largest absolute Gasteiger partial charge is 0.354 e. The molecule has 5 rings (SSSR count). The van der Waals surface area contributed by atoms with Gasteiger partial charge in [0.25, 0.3) is 0 Å². The third kappa shape index (κ3) is 6.28. The quantitative estimate of drug-likeness (QED) is 0.367. The van der Waals surface area contributed by atoms with E-state index in [1.54, 1.807) is 0 Å². The zero-order chi connectivity index (χ0) is 25.8. The van der Waals surface area contributed by atoms with Gasteiger partial charge in [-0.25, -0.2) is 14.8 Å². The van der Waals surface area contributed by atoms with Crippen LogP contribution in [0.25, 0.3) is 11.3 Å². The highest BCUT2D eigenvalue weighted by Gasteiger charge is 2.27. The number of carbonyl (C=O) groups is 1. The number of hydrogen-bond acceptors (Lipinski definition) is 5. The van der Waals surface area contributed by atoms with E-state index in [-0.39, 0.29) is 17.5 Å². The van der Waals surface area contributed by atoms with Crippen molar-refractivity contribution >= 4 is 17.7 Å². The SMILES string of the molecule is CC(C)(C)NC(=O)Nc1ccc(C2Cc3cnc(NCCCN4CCCC4)nc3-c3ccccc32)cc1. The number of nitrogens with one attached hydrogen (secondary N) is 3. The molecule has 2 amide bonds. The molecule has 0 radical (unpaired) electrons. The molecule has 1 aromatic heterocycles. The van der Waals surface area contributed by atoms with Gasteiger partial charge in [-0.15, -0.1) is 0 Å². The predicted molar refractivity (Wildman–Crippen MR) is 150 cm³/mol. The Bertz CT molecular complexity index is 1230. The Hall–Kier alpha value is -3.45. The number of hydrogen-bond donors (Lipinski definition) is 3. The van der Waals surface area contributed by atoms with E-state index in [0.717, 1.165) is 42.9 Å². The van der Waals surface area contributed by atoms with Crippen molar-refractivity contribution in [2.24, 2.45) is 0 Å². The summed E-state index contributed by atoms with van der Waals surface area (Å²) < 4.78 is 0. The van der Waals surface area contributed by atoms with Crippen LogP contribution in [0.5, 0.6) is 0 Å². The van der Waals surface area contributed by atoms with E-state index in [1.165, 1.54) is 42.6 Å². The maximum Gasteiger partial charge on any atom is 0.319 e. The number of nitrogens with zero attached hydrogens (tertiary/aromatic N) is 3. The highest BCUT2D eigenvalue weighted by Crippen LogP contribution is 2.42. The van der Waals surface area contributed by atoms with Crippen LogP contribution in [0.2, 0.25) is 0 Å². The lowest BCUT2D eigenvalue weighted by Crippen LogP contribution is -2.43. The minimum atomic E-state index is -0.283. The number of likely N-dealkylation sites (tertiary alicyclic amines) is 1. The molecule has 37 heavy (non-hydrogen) atoms. The van der Waals surface area contributed by atoms with Gasteiger partial charge >= 0.3 is 6.03 Å². The van der Waals surface area contributed by atoms with Crippen molar-refractivity contribution in [3.8, 4) is 11.3 Å². The summed E-state index contributed by atoms with van der Waals surface area (Å²) in [6.45, 7) is 10.4. The van der Waals surface area contributed by atoms with Crippen LogP contribution in [0, 0.1) is 0 Å². The van der Waals surface area contributed by atoms with Crippen molar-refractivity contribution in [3.05, 3.63) is 71.4 Å². The number of anilines is 2. The Balaban J connectivity index is 1.28. The lowest BCUT2D eigenvalue weighted by molar-refractivity contribution is 0.244. The van der Waals surface area contributed by atoms with Gasteiger partial charge in [-0.05, 0) is 94.9 Å². The van der Waals surface area contributed by atoms with Crippen LogP contribution in [0.4, 0.5) is 16.4 Å². The van der Waals surface area contributed by atoms with Crippen LogP contribution in [-0.4, -0.2) is 52.6 Å². The zero-order valence-corrected chi connectivity index (χ0v) is 22.2. The van der Waals surface area contributed by atoms with E-state index in [1.807, 2.05) is 39.1 Å². The Labute approximate surface area is 220 Å². The number of aromatic nitrogens is 2. The Kier molecular flexibility index (Phi) is 7.42. The monoisotopic (exact) mass is 498 g/mol. The normalized spacial score (nSPS) is 17.1. The van der Waals surface area contributed by atoms with Gasteiger partial charge < -0.3 is 20.9 Å². The fourth-order valence-electron chi connectivity index (χ4n) is 5.33. The topological polar surface area (TPSA) is 82.2 Å². The molecule has 3 aromatic rings. The molecule has 2 heterocycles. The molecule has 1 aliphatic heterocycles. The van der Waals surface area contributed by atoms with Crippen LogP contribution < -0.4 is 16.0 Å². The second-order valence-electron chi connectivity index (χ2n) is 11.2. The second kappa shape index (κ2) is 10.9. The van der Waals surface area contributed by atoms with E-state index < -0.39 is 0 Å². The van der Waals surface area contributed by atoms with Gasteiger partial charge in [0.15, 0.2) is 0 Å². The van der Waals surface area contributed by atoms with Crippen LogP contribution >= 0.6 is 0 Å². The van der Waals surface area contributed by atoms with Crippen molar-refractivity contribution in [2.75, 3.05) is 36.8 Å². The molecular formula is C30H38N6O. The molecule has 2 aromatic carbocycles. The number of urea groups is 1. The summed E-state index contributed by atoms with van der Waals surface area (Å²) in [7, 11) is 0. The first-order valence-corrected chi connectivity index (χ1v) is 13.5. The summed E-state index contributed by atoms with van der Waals surface area (Å²) in [5.41, 5.74) is 6.35. The molecule has 7 nitrogen and oxygen atoms in total. The third-order valence-electron chi connectivity index (χ3n) is 7.07. The van der Waals surface area contributed by atoms with Gasteiger partial charge in [0.1, 0.15) is 0 Å². The summed E-state index contributed by atoms with van der Waals surface area (Å²) >= 11 is 0. The van der Waals surface area contributed by atoms with Gasteiger partial charge in [0.05, 0.1) is 5.69 Å². The molecule has 1 aliphatic carbocycles. The fourth-order valence-corrected chi connectivity index (χ4v) is 5.33. The average molecular weight is 499 g/mol. The van der Waals surface area contributed by atoms with Crippen LogP contribution in [0.15, 0.2) is 54.7 Å². The van der Waals surface area contributed by atoms with Gasteiger partial charge in [-0.2, -0.15) is 0 Å². The molecule has 7 heteroatoms. The predicted octanol–water partition coefficient (Wildman–Crippen LogP) is 5.65. The van der Waals surface area contributed by atoms with Gasteiger partial charge in [-0.3, -0.25) is 0 Å². The van der Waals surface area contributed by atoms with Gasteiger partial charge in [-0.1, -0.05) is 36.4 Å². The molecule has 0 bridgehead atoms. The van der Waals surface area contributed by atoms with Crippen molar-refractivity contribution in [1.29, 1.82) is 0 Å². The molecule has 0 saturated carbocycles. The summed E-state index contributed by atoms with van der Waals surface area (Å²) in [6, 6.07) is 16.5. The molecule has 1 atom stereocenters. The standard InChI is InChI=1S/C30H38N6O/c1-30(2,3)35-29(37)33-23-13-11-21(12-14-23)26-19-22-20-32-28(31-15-8-18-36-16-6-7-17-36)34-27(22)25-10-5-4-9-24(25)26/h4-5,9-14,20,26H,6-8,15-19H2,1-3H3,(H,31,32,34)(H2,33,35,37). The smallest absolute Gasteiger partial charge is 0.319 e. The minimum absolute atomic E-state index is 0.199. The number of amides is 2. The van der Waals surface area contributed by atoms with Gasteiger partial charge in [0, 0.05) is 35.4 Å². The summed E-state index contributed by atoms with van der Waals surface area (Å²) in [6.07, 6.45) is 6.59. The Morgan fingerprint density at radius 2 is 1.81 bits per heavy atom. The highest BCUT2D eigenvalue weighted by atomic mass is 16.2. The van der Waals surface area contributed by atoms with Crippen molar-refractivity contribution in [1.82, 2.24) is 20.2 Å². The molecule has 194 valence electrons. The fraction of sp³-hybridized carbons (Fsp3) is 0.433. The summed E-state index contributed by atoms with van der Waals surface area (Å²) in [4.78, 5) is 24.4. The van der Waals surface area contributed by atoms with E-state index >= 15 is 0 Å². The third-order valence-corrected chi connectivity index (χ3v) is 7.07. The number of carbonyl (C=O) groups excluding carboxylic acids is 1. The van der Waals surface area contributed by atoms with Crippen LogP contribution in [0.3, 0.4) is 0 Å². The van der Waals surface area contributed by atoms with Crippen molar-refractivity contribution in [2.45, 2.75) is 57.9 Å². The van der Waals surface area contributed by atoms with Crippen molar-refractivity contribution in [3.63, 3.8) is 0 Å². The number of fused-ring (bicyclic) bond motifs is 3. The molecule has 1 saturated heterocycles. The first-order valence-electron chi connectivity index (χ1n) is 13.5. The second-order valence-corrected chi connectivity index (χ2v) is 11.2. The average Bonchev–Trinajstić information content (AvgIpc) is 3.39. The van der Waals surface area contributed by atoms with Crippen LogP contribution in [-0.2, 0) is 6.42 Å². The molecule has 1 fully saturated rings.